The zero-order valence-corrected chi connectivity index (χ0v) is 45.8. The molecule has 400 valence electrons. The average Bonchev–Trinajstić information content (AvgIpc) is 3.35. The van der Waals surface area contributed by atoms with Gasteiger partial charge in [-0.3, -0.25) is 14.4 Å². The number of hydrogen-bond acceptors (Lipinski definition) is 6. The molecule has 69 heavy (non-hydrogen) atoms. The van der Waals surface area contributed by atoms with Gasteiger partial charge in [0.2, 0.25) is 0 Å². The van der Waals surface area contributed by atoms with Gasteiger partial charge in [-0.2, -0.15) is 0 Å². The molecule has 0 aromatic heterocycles. The number of ether oxygens (including phenoxy) is 3. The van der Waals surface area contributed by atoms with Gasteiger partial charge in [0.05, 0.1) is 0 Å². The van der Waals surface area contributed by atoms with Gasteiger partial charge in [-0.1, -0.05) is 268 Å². The van der Waals surface area contributed by atoms with Gasteiger partial charge in [0.15, 0.2) is 6.10 Å². The fraction of sp³-hybridized carbons (Fsp3) is 0.794. The van der Waals surface area contributed by atoms with Gasteiger partial charge in [-0.05, 0) is 77.0 Å². The summed E-state index contributed by atoms with van der Waals surface area (Å²) in [6.45, 7) is 6.54. The second-order valence-corrected chi connectivity index (χ2v) is 19.9. The predicted octanol–water partition coefficient (Wildman–Crippen LogP) is 20.0. The van der Waals surface area contributed by atoms with Crippen LogP contribution in [0.25, 0.3) is 0 Å². The molecule has 0 saturated heterocycles. The van der Waals surface area contributed by atoms with Gasteiger partial charge < -0.3 is 14.2 Å². The summed E-state index contributed by atoms with van der Waals surface area (Å²) in [5, 5.41) is 0. The molecule has 0 heterocycles. The Balaban J connectivity index is 4.40. The third-order valence-corrected chi connectivity index (χ3v) is 13.0. The van der Waals surface area contributed by atoms with E-state index in [0.717, 1.165) is 103 Å². The molecule has 0 aliphatic heterocycles. The predicted molar refractivity (Wildman–Crippen MR) is 298 cm³/mol. The Kier molecular flexibility index (Phi) is 55.3. The molecule has 0 bridgehead atoms. The molecule has 0 aliphatic carbocycles. The largest absolute Gasteiger partial charge is 0.462 e. The smallest absolute Gasteiger partial charge is 0.306 e. The molecule has 0 aromatic rings. The van der Waals surface area contributed by atoms with E-state index < -0.39 is 6.10 Å². The topological polar surface area (TPSA) is 78.9 Å². The molecule has 6 nitrogen and oxygen atoms in total. The lowest BCUT2D eigenvalue weighted by atomic mass is 10.0. The molecular formula is C63H112O6. The van der Waals surface area contributed by atoms with E-state index in [2.05, 4.69) is 81.5 Å². The SMILES string of the molecule is CC/C=C\C/C=C\C/C=C\CCCCCCCCC(=O)OCC(COC(=O)CCCCCCC/C=C\C=C/CCCCCCCCC)OC(=O)CCCCCCCCCCCCCCCCCCC. The van der Waals surface area contributed by atoms with Crippen LogP contribution < -0.4 is 0 Å². The molecule has 1 unspecified atom stereocenters. The van der Waals surface area contributed by atoms with Crippen molar-refractivity contribution >= 4 is 17.9 Å². The van der Waals surface area contributed by atoms with Gasteiger partial charge in [-0.25, -0.2) is 0 Å². The molecule has 6 heteroatoms. The summed E-state index contributed by atoms with van der Waals surface area (Å²) in [5.41, 5.74) is 0. The molecule has 0 aromatic carbocycles. The summed E-state index contributed by atoms with van der Waals surface area (Å²) in [5.74, 6) is -0.895. The van der Waals surface area contributed by atoms with Crippen molar-refractivity contribution in [3.63, 3.8) is 0 Å². The number of esters is 3. The number of carbonyl (C=O) groups is 3. The fourth-order valence-electron chi connectivity index (χ4n) is 8.57. The van der Waals surface area contributed by atoms with Gasteiger partial charge in [0, 0.05) is 19.3 Å². The minimum Gasteiger partial charge on any atom is -0.462 e. The quantitative estimate of drug-likeness (QED) is 0.0199. The number of rotatable bonds is 54. The van der Waals surface area contributed by atoms with E-state index in [9.17, 15) is 14.4 Å². The van der Waals surface area contributed by atoms with Crippen molar-refractivity contribution in [1.29, 1.82) is 0 Å². The average molecular weight is 966 g/mol. The Morgan fingerprint density at radius 2 is 0.609 bits per heavy atom. The summed E-state index contributed by atoms with van der Waals surface area (Å²) >= 11 is 0. The zero-order chi connectivity index (χ0) is 50.0. The highest BCUT2D eigenvalue weighted by atomic mass is 16.6. The highest BCUT2D eigenvalue weighted by Gasteiger charge is 2.19. The maximum atomic E-state index is 12.9. The molecular weight excluding hydrogens is 853 g/mol. The minimum absolute atomic E-state index is 0.0838. The van der Waals surface area contributed by atoms with Gasteiger partial charge in [0.1, 0.15) is 13.2 Å². The van der Waals surface area contributed by atoms with Crippen LogP contribution in [0, 0.1) is 0 Å². The summed E-state index contributed by atoms with van der Waals surface area (Å²) in [6, 6.07) is 0. The van der Waals surface area contributed by atoms with Gasteiger partial charge in [-0.15, -0.1) is 0 Å². The Labute approximate surface area is 428 Å². The van der Waals surface area contributed by atoms with E-state index in [4.69, 9.17) is 14.2 Å². The van der Waals surface area contributed by atoms with Crippen LogP contribution in [0.5, 0.6) is 0 Å². The standard InChI is InChI=1S/C63H112O6/c1-4-7-10-13-16-19-22-25-28-31-33-35-38-41-44-47-50-53-56-62(65)68-59-60(58-67-61(64)55-52-49-46-43-40-37-34-30-27-24-21-18-15-12-9-6-3)69-63(66)57-54-51-48-45-42-39-36-32-29-26-23-20-17-14-11-8-5-2/h9,12,18,21,27-28,30-31,33,35,60H,4-8,10-11,13-17,19-20,22-26,29,32,34,36-59H2,1-3H3/b12-9-,21-18-,30-27-,31-28-,35-33-. The summed E-state index contributed by atoms with van der Waals surface area (Å²) in [7, 11) is 0. The van der Waals surface area contributed by atoms with Crippen LogP contribution in [0.3, 0.4) is 0 Å². The lowest BCUT2D eigenvalue weighted by Crippen LogP contribution is -2.30. The summed E-state index contributed by atoms with van der Waals surface area (Å²) in [6.07, 6.45) is 72.1. The van der Waals surface area contributed by atoms with E-state index >= 15 is 0 Å². The first-order valence-corrected chi connectivity index (χ1v) is 29.8. The van der Waals surface area contributed by atoms with E-state index in [1.165, 1.54) is 161 Å². The van der Waals surface area contributed by atoms with E-state index in [0.29, 0.717) is 19.3 Å². The second kappa shape index (κ2) is 57.7. The Bertz CT molecular complexity index is 1250. The molecule has 1 atom stereocenters. The van der Waals surface area contributed by atoms with Gasteiger partial charge >= 0.3 is 17.9 Å². The van der Waals surface area contributed by atoms with E-state index in [1.807, 2.05) is 0 Å². The zero-order valence-electron chi connectivity index (χ0n) is 45.8. The van der Waals surface area contributed by atoms with Crippen LogP contribution in [0.2, 0.25) is 0 Å². The normalized spacial score (nSPS) is 12.4. The lowest BCUT2D eigenvalue weighted by molar-refractivity contribution is -0.167. The number of unbranched alkanes of at least 4 members (excludes halogenated alkanes) is 34. The van der Waals surface area contributed by atoms with Crippen LogP contribution in [0.15, 0.2) is 60.8 Å². The number of allylic oxidation sites excluding steroid dienone is 10. The fourth-order valence-corrected chi connectivity index (χ4v) is 8.57. The van der Waals surface area contributed by atoms with Crippen molar-refractivity contribution in [1.82, 2.24) is 0 Å². The van der Waals surface area contributed by atoms with Crippen LogP contribution in [-0.2, 0) is 28.6 Å². The van der Waals surface area contributed by atoms with Crippen LogP contribution in [-0.4, -0.2) is 37.2 Å². The third-order valence-electron chi connectivity index (χ3n) is 13.0. The second-order valence-electron chi connectivity index (χ2n) is 19.9. The van der Waals surface area contributed by atoms with Crippen LogP contribution in [0.1, 0.15) is 303 Å². The van der Waals surface area contributed by atoms with Crippen molar-refractivity contribution in [3.05, 3.63) is 60.8 Å². The highest BCUT2D eigenvalue weighted by Crippen LogP contribution is 2.16. The minimum atomic E-state index is -0.785. The van der Waals surface area contributed by atoms with Gasteiger partial charge in [0.25, 0.3) is 0 Å². The molecule has 0 aliphatic rings. The first kappa shape index (κ1) is 66.1. The Morgan fingerprint density at radius 3 is 0.971 bits per heavy atom. The first-order chi connectivity index (χ1) is 34.0. The maximum Gasteiger partial charge on any atom is 0.306 e. The maximum absolute atomic E-state index is 12.9. The van der Waals surface area contributed by atoms with Crippen molar-refractivity contribution in [3.8, 4) is 0 Å². The van der Waals surface area contributed by atoms with Crippen LogP contribution in [0.4, 0.5) is 0 Å². The van der Waals surface area contributed by atoms with Crippen LogP contribution >= 0.6 is 0 Å². The first-order valence-electron chi connectivity index (χ1n) is 29.8. The van der Waals surface area contributed by atoms with E-state index in [-0.39, 0.29) is 31.1 Å². The Morgan fingerprint density at radius 1 is 0.319 bits per heavy atom. The lowest BCUT2D eigenvalue weighted by Gasteiger charge is -2.18. The third kappa shape index (κ3) is 55.9. The molecule has 0 radical (unpaired) electrons. The molecule has 0 fully saturated rings. The van der Waals surface area contributed by atoms with Crippen molar-refractivity contribution in [2.45, 2.75) is 309 Å². The van der Waals surface area contributed by atoms with Crippen molar-refractivity contribution in [2.75, 3.05) is 13.2 Å². The van der Waals surface area contributed by atoms with Crippen molar-refractivity contribution < 1.29 is 28.6 Å². The summed E-state index contributed by atoms with van der Waals surface area (Å²) < 4.78 is 16.9. The number of carbonyl (C=O) groups excluding carboxylic acids is 3. The number of hydrogen-bond donors (Lipinski definition) is 0. The molecule has 0 N–H and O–H groups in total. The molecule has 0 spiro atoms. The van der Waals surface area contributed by atoms with E-state index in [1.54, 1.807) is 0 Å². The van der Waals surface area contributed by atoms with Crippen molar-refractivity contribution in [2.24, 2.45) is 0 Å². The monoisotopic (exact) mass is 965 g/mol. The molecule has 0 rings (SSSR count). The molecule has 0 amide bonds. The highest BCUT2D eigenvalue weighted by molar-refractivity contribution is 5.71. The molecule has 0 saturated carbocycles. The summed E-state index contributed by atoms with van der Waals surface area (Å²) in [4.78, 5) is 38.2. The Hall–Kier alpha value is -2.89.